The molecule has 1 aromatic heterocycles. The van der Waals surface area contributed by atoms with Crippen LogP contribution in [0.3, 0.4) is 0 Å². The van der Waals surface area contributed by atoms with Gasteiger partial charge in [0.1, 0.15) is 6.20 Å². The second kappa shape index (κ2) is 4.77. The molecule has 2 N–H and O–H groups in total. The van der Waals surface area contributed by atoms with Crippen molar-refractivity contribution in [1.29, 1.82) is 0 Å². The predicted molar refractivity (Wildman–Crippen MR) is 57.5 cm³/mol. The molecule has 0 saturated heterocycles. The summed E-state index contributed by atoms with van der Waals surface area (Å²) in [5.41, 5.74) is 5.56. The molecule has 1 heterocycles. The number of aromatic nitrogens is 2. The molecule has 0 spiro atoms. The van der Waals surface area contributed by atoms with Gasteiger partial charge >= 0.3 is 5.69 Å². The molecule has 0 saturated carbocycles. The molecule has 84 valence electrons. The molecule has 0 aliphatic rings. The topological polar surface area (TPSA) is 87.0 Å². The minimum absolute atomic E-state index is 0.107. The zero-order valence-electron chi connectivity index (χ0n) is 9.01. The number of hydrogen-bond donors (Lipinski definition) is 1. The fraction of sp³-hybridized carbons (Fsp3) is 0.667. The quantitative estimate of drug-likeness (QED) is 0.598. The van der Waals surface area contributed by atoms with Crippen molar-refractivity contribution in [2.75, 3.05) is 5.73 Å². The smallest absolute Gasteiger partial charge is 0.330 e. The normalized spacial score (nSPS) is 12.7. The van der Waals surface area contributed by atoms with Crippen LogP contribution in [-0.2, 0) is 0 Å². The van der Waals surface area contributed by atoms with E-state index in [1.807, 2.05) is 6.92 Å². The molecular weight excluding hydrogens is 196 g/mol. The van der Waals surface area contributed by atoms with Gasteiger partial charge in [-0.1, -0.05) is 20.3 Å². The van der Waals surface area contributed by atoms with Gasteiger partial charge in [0.25, 0.3) is 0 Å². The number of anilines is 1. The molecule has 6 heteroatoms. The number of rotatable bonds is 5. The van der Waals surface area contributed by atoms with E-state index in [1.165, 1.54) is 6.20 Å². The maximum atomic E-state index is 10.6. The van der Waals surface area contributed by atoms with Gasteiger partial charge in [0.05, 0.1) is 11.0 Å². The second-order valence-corrected chi connectivity index (χ2v) is 3.47. The minimum atomic E-state index is -0.502. The number of hydrogen-bond acceptors (Lipinski definition) is 4. The number of nitrogen functional groups attached to an aromatic ring is 1. The van der Waals surface area contributed by atoms with Crippen LogP contribution in [0.15, 0.2) is 6.20 Å². The van der Waals surface area contributed by atoms with Crippen LogP contribution in [0, 0.1) is 10.1 Å². The predicted octanol–water partition coefficient (Wildman–Crippen LogP) is 2.12. The zero-order chi connectivity index (χ0) is 11.4. The Bertz CT molecular complexity index is 348. The van der Waals surface area contributed by atoms with Gasteiger partial charge in [0.2, 0.25) is 5.82 Å². The number of nitrogens with zero attached hydrogens (tertiary/aromatic N) is 3. The summed E-state index contributed by atoms with van der Waals surface area (Å²) in [7, 11) is 0. The molecule has 0 aliphatic carbocycles. The van der Waals surface area contributed by atoms with E-state index in [9.17, 15) is 10.1 Å². The first kappa shape index (κ1) is 11.5. The van der Waals surface area contributed by atoms with Crippen LogP contribution in [0.4, 0.5) is 11.5 Å². The molecule has 0 radical (unpaired) electrons. The van der Waals surface area contributed by atoms with Crippen molar-refractivity contribution in [3.8, 4) is 0 Å². The third-order valence-corrected chi connectivity index (χ3v) is 2.45. The summed E-state index contributed by atoms with van der Waals surface area (Å²) in [6.07, 6.45) is 4.02. The van der Waals surface area contributed by atoms with Gasteiger partial charge in [-0.05, 0) is 12.8 Å². The highest BCUT2D eigenvalue weighted by Crippen LogP contribution is 2.27. The Balaban J connectivity index is 2.98. The van der Waals surface area contributed by atoms with Gasteiger partial charge in [-0.25, -0.2) is 4.68 Å². The van der Waals surface area contributed by atoms with E-state index >= 15 is 0 Å². The highest BCUT2D eigenvalue weighted by atomic mass is 16.6. The SMILES string of the molecule is CCCC(CC)n1ncc([N+](=O)[O-])c1N. The summed E-state index contributed by atoms with van der Waals surface area (Å²) in [5, 5.41) is 14.6. The van der Waals surface area contributed by atoms with E-state index < -0.39 is 4.92 Å². The monoisotopic (exact) mass is 212 g/mol. The fourth-order valence-electron chi connectivity index (χ4n) is 1.63. The first-order valence-electron chi connectivity index (χ1n) is 5.09. The number of nitrogens with two attached hydrogens (primary N) is 1. The largest absolute Gasteiger partial charge is 0.378 e. The molecular formula is C9H16N4O2. The van der Waals surface area contributed by atoms with Crippen LogP contribution in [0.2, 0.25) is 0 Å². The van der Waals surface area contributed by atoms with Crippen LogP contribution in [0.1, 0.15) is 39.2 Å². The van der Waals surface area contributed by atoms with Crippen LogP contribution in [0.25, 0.3) is 0 Å². The average Bonchev–Trinajstić information content (AvgIpc) is 2.57. The van der Waals surface area contributed by atoms with Crippen molar-refractivity contribution < 1.29 is 4.92 Å². The minimum Gasteiger partial charge on any atom is -0.378 e. The van der Waals surface area contributed by atoms with E-state index in [2.05, 4.69) is 12.0 Å². The van der Waals surface area contributed by atoms with Gasteiger partial charge in [-0.2, -0.15) is 5.10 Å². The fourth-order valence-corrected chi connectivity index (χ4v) is 1.63. The standard InChI is InChI=1S/C9H16N4O2/c1-3-5-7(4-2)12-9(10)8(6-11-12)13(14)15/h6-7H,3-5,10H2,1-2H3. The second-order valence-electron chi connectivity index (χ2n) is 3.47. The van der Waals surface area contributed by atoms with Crippen LogP contribution >= 0.6 is 0 Å². The van der Waals surface area contributed by atoms with Crippen molar-refractivity contribution in [3.05, 3.63) is 16.3 Å². The van der Waals surface area contributed by atoms with E-state index in [0.717, 1.165) is 19.3 Å². The van der Waals surface area contributed by atoms with Crippen molar-refractivity contribution in [2.24, 2.45) is 0 Å². The first-order valence-corrected chi connectivity index (χ1v) is 5.09. The maximum absolute atomic E-state index is 10.6. The Morgan fingerprint density at radius 2 is 2.33 bits per heavy atom. The average molecular weight is 212 g/mol. The third kappa shape index (κ3) is 2.26. The van der Waals surface area contributed by atoms with Crippen molar-refractivity contribution >= 4 is 11.5 Å². The Morgan fingerprint density at radius 1 is 1.67 bits per heavy atom. The highest BCUT2D eigenvalue weighted by molar-refractivity contribution is 5.51. The molecule has 1 atom stereocenters. The lowest BCUT2D eigenvalue weighted by molar-refractivity contribution is -0.384. The lowest BCUT2D eigenvalue weighted by atomic mass is 10.1. The van der Waals surface area contributed by atoms with Crippen LogP contribution in [0.5, 0.6) is 0 Å². The van der Waals surface area contributed by atoms with Gasteiger partial charge in [-0.15, -0.1) is 0 Å². The molecule has 6 nitrogen and oxygen atoms in total. The molecule has 0 amide bonds. The van der Waals surface area contributed by atoms with E-state index in [1.54, 1.807) is 4.68 Å². The van der Waals surface area contributed by atoms with E-state index in [-0.39, 0.29) is 17.5 Å². The van der Waals surface area contributed by atoms with E-state index in [0.29, 0.717) is 0 Å². The maximum Gasteiger partial charge on any atom is 0.330 e. The molecule has 1 unspecified atom stereocenters. The lowest BCUT2D eigenvalue weighted by Gasteiger charge is -2.15. The summed E-state index contributed by atoms with van der Waals surface area (Å²) in [5.74, 6) is 0.153. The Labute approximate surface area is 88.2 Å². The van der Waals surface area contributed by atoms with Crippen LogP contribution in [-0.4, -0.2) is 14.7 Å². The molecule has 0 bridgehead atoms. The molecule has 0 fully saturated rings. The third-order valence-electron chi connectivity index (χ3n) is 2.45. The molecule has 1 rings (SSSR count). The highest BCUT2D eigenvalue weighted by Gasteiger charge is 2.21. The van der Waals surface area contributed by atoms with Gasteiger partial charge < -0.3 is 5.73 Å². The molecule has 1 aromatic rings. The van der Waals surface area contributed by atoms with Crippen LogP contribution < -0.4 is 5.73 Å². The zero-order valence-corrected chi connectivity index (χ0v) is 9.01. The first-order chi connectivity index (χ1) is 7.11. The Morgan fingerprint density at radius 3 is 2.73 bits per heavy atom. The van der Waals surface area contributed by atoms with Crippen molar-refractivity contribution in [2.45, 2.75) is 39.2 Å². The Kier molecular flexibility index (Phi) is 3.65. The summed E-state index contributed by atoms with van der Waals surface area (Å²) >= 11 is 0. The molecule has 0 aliphatic heterocycles. The summed E-state index contributed by atoms with van der Waals surface area (Å²) in [6.45, 7) is 4.09. The van der Waals surface area contributed by atoms with E-state index in [4.69, 9.17) is 5.73 Å². The van der Waals surface area contributed by atoms with Crippen molar-refractivity contribution in [1.82, 2.24) is 9.78 Å². The number of nitro groups is 1. The summed E-state index contributed by atoms with van der Waals surface area (Å²) < 4.78 is 1.56. The summed E-state index contributed by atoms with van der Waals surface area (Å²) in [6, 6.07) is 0.156. The molecule has 0 aromatic carbocycles. The van der Waals surface area contributed by atoms with Gasteiger partial charge in [0.15, 0.2) is 0 Å². The van der Waals surface area contributed by atoms with Crippen molar-refractivity contribution in [3.63, 3.8) is 0 Å². The Hall–Kier alpha value is -1.59. The van der Waals surface area contributed by atoms with Gasteiger partial charge in [-0.3, -0.25) is 10.1 Å². The lowest BCUT2D eigenvalue weighted by Crippen LogP contribution is -2.12. The molecule has 15 heavy (non-hydrogen) atoms. The summed E-state index contributed by atoms with van der Waals surface area (Å²) in [4.78, 5) is 10.1. The van der Waals surface area contributed by atoms with Gasteiger partial charge in [0, 0.05) is 0 Å².